The highest BCUT2D eigenvalue weighted by Gasteiger charge is 2.38. The van der Waals surface area contributed by atoms with Gasteiger partial charge in [0.05, 0.1) is 13.2 Å². The van der Waals surface area contributed by atoms with Crippen molar-refractivity contribution in [2.75, 3.05) is 46.4 Å². The predicted octanol–water partition coefficient (Wildman–Crippen LogP) is 3.05. The topological polar surface area (TPSA) is 48.9 Å². The molecular formula is C21H35IN4O. The Kier molecular flexibility index (Phi) is 9.86. The summed E-state index contributed by atoms with van der Waals surface area (Å²) < 4.78 is 5.58. The Bertz CT molecular complexity index is 555. The Morgan fingerprint density at radius 2 is 1.78 bits per heavy atom. The molecule has 1 saturated carbocycles. The molecule has 1 aliphatic carbocycles. The molecule has 1 aromatic carbocycles. The number of nitrogens with one attached hydrogen (secondary N) is 2. The molecule has 0 radical (unpaired) electrons. The number of rotatable bonds is 6. The standard InChI is InChI=1S/C21H34N4O.HI/c1-22-20(23-13-10-19-8-4-2-5-9-19)24-18-21(11-6-3-7-12-21)25-14-16-26-17-15-25;/h2,4-5,8-9H,3,6-7,10-18H2,1H3,(H2,22,23,24);1H. The zero-order chi connectivity index (χ0) is 18.1. The summed E-state index contributed by atoms with van der Waals surface area (Å²) in [7, 11) is 1.86. The summed E-state index contributed by atoms with van der Waals surface area (Å²) >= 11 is 0. The first-order valence-corrected chi connectivity index (χ1v) is 10.1. The van der Waals surface area contributed by atoms with E-state index in [0.717, 1.165) is 51.8 Å². The van der Waals surface area contributed by atoms with Gasteiger partial charge in [0.1, 0.15) is 0 Å². The van der Waals surface area contributed by atoms with E-state index < -0.39 is 0 Å². The lowest BCUT2D eigenvalue weighted by atomic mass is 9.80. The normalized spacial score (nSPS) is 20.6. The van der Waals surface area contributed by atoms with Crippen molar-refractivity contribution in [1.82, 2.24) is 15.5 Å². The average Bonchev–Trinajstić information content (AvgIpc) is 2.72. The Hall–Kier alpha value is -0.860. The van der Waals surface area contributed by atoms with Crippen molar-refractivity contribution in [3.8, 4) is 0 Å². The van der Waals surface area contributed by atoms with E-state index in [2.05, 4.69) is 50.9 Å². The molecule has 5 nitrogen and oxygen atoms in total. The molecule has 1 aromatic rings. The van der Waals surface area contributed by atoms with E-state index in [1.54, 1.807) is 0 Å². The van der Waals surface area contributed by atoms with Gasteiger partial charge in [-0.3, -0.25) is 9.89 Å². The number of morpholine rings is 1. The van der Waals surface area contributed by atoms with Gasteiger partial charge in [-0.15, -0.1) is 24.0 Å². The third kappa shape index (κ3) is 6.61. The fourth-order valence-electron chi connectivity index (χ4n) is 4.29. The second kappa shape index (κ2) is 11.9. The first-order chi connectivity index (χ1) is 12.8. The number of halogens is 1. The number of aliphatic imine (C=N–C) groups is 1. The third-order valence-corrected chi connectivity index (χ3v) is 5.82. The summed E-state index contributed by atoms with van der Waals surface area (Å²) in [5.41, 5.74) is 1.62. The third-order valence-electron chi connectivity index (χ3n) is 5.82. The Morgan fingerprint density at radius 1 is 1.07 bits per heavy atom. The molecule has 0 bridgehead atoms. The lowest BCUT2D eigenvalue weighted by Gasteiger charge is -2.48. The van der Waals surface area contributed by atoms with Crippen LogP contribution in [0.15, 0.2) is 35.3 Å². The summed E-state index contributed by atoms with van der Waals surface area (Å²) in [6.07, 6.45) is 7.60. The molecule has 3 rings (SSSR count). The summed E-state index contributed by atoms with van der Waals surface area (Å²) in [6, 6.07) is 10.6. The second-order valence-electron chi connectivity index (χ2n) is 7.47. The fourth-order valence-corrected chi connectivity index (χ4v) is 4.29. The molecule has 1 aliphatic heterocycles. The van der Waals surface area contributed by atoms with E-state index in [1.165, 1.54) is 37.7 Å². The highest BCUT2D eigenvalue weighted by Crippen LogP contribution is 2.33. The van der Waals surface area contributed by atoms with Crippen molar-refractivity contribution < 1.29 is 4.74 Å². The molecule has 0 atom stereocenters. The maximum absolute atomic E-state index is 5.58. The van der Waals surface area contributed by atoms with Crippen LogP contribution < -0.4 is 10.6 Å². The number of benzene rings is 1. The van der Waals surface area contributed by atoms with Crippen LogP contribution in [0, 0.1) is 0 Å². The molecule has 2 N–H and O–H groups in total. The van der Waals surface area contributed by atoms with Gasteiger partial charge in [0.15, 0.2) is 5.96 Å². The van der Waals surface area contributed by atoms with Gasteiger partial charge < -0.3 is 15.4 Å². The molecule has 2 fully saturated rings. The maximum Gasteiger partial charge on any atom is 0.191 e. The minimum Gasteiger partial charge on any atom is -0.379 e. The average molecular weight is 486 g/mol. The summed E-state index contributed by atoms with van der Waals surface area (Å²) in [6.45, 7) is 5.72. The largest absolute Gasteiger partial charge is 0.379 e. The SMILES string of the molecule is CN=C(NCCc1ccccc1)NCC1(N2CCOCC2)CCCCC1.I. The second-order valence-corrected chi connectivity index (χ2v) is 7.47. The highest BCUT2D eigenvalue weighted by atomic mass is 127. The van der Waals surface area contributed by atoms with Gasteiger partial charge >= 0.3 is 0 Å². The van der Waals surface area contributed by atoms with E-state index in [1.807, 2.05) is 7.05 Å². The molecule has 0 unspecified atom stereocenters. The number of ether oxygens (including phenoxy) is 1. The van der Waals surface area contributed by atoms with E-state index in [9.17, 15) is 0 Å². The van der Waals surface area contributed by atoms with Gasteiger partial charge in [0, 0.05) is 38.8 Å². The van der Waals surface area contributed by atoms with Gasteiger partial charge in [0.25, 0.3) is 0 Å². The van der Waals surface area contributed by atoms with E-state index in [0.29, 0.717) is 0 Å². The van der Waals surface area contributed by atoms with Crippen LogP contribution in [0.2, 0.25) is 0 Å². The number of hydrogen-bond acceptors (Lipinski definition) is 3. The molecule has 1 saturated heterocycles. The Balaban J connectivity index is 0.00000261. The number of hydrogen-bond donors (Lipinski definition) is 2. The van der Waals surface area contributed by atoms with Crippen LogP contribution in [0.5, 0.6) is 0 Å². The number of nitrogens with zero attached hydrogens (tertiary/aromatic N) is 2. The van der Waals surface area contributed by atoms with Crippen molar-refractivity contribution in [2.24, 2.45) is 4.99 Å². The minimum atomic E-state index is 0. The maximum atomic E-state index is 5.58. The lowest BCUT2D eigenvalue weighted by molar-refractivity contribution is -0.0352. The van der Waals surface area contributed by atoms with Gasteiger partial charge in [-0.05, 0) is 24.8 Å². The van der Waals surface area contributed by atoms with Crippen molar-refractivity contribution in [1.29, 1.82) is 0 Å². The highest BCUT2D eigenvalue weighted by molar-refractivity contribution is 14.0. The zero-order valence-electron chi connectivity index (χ0n) is 16.6. The molecule has 0 amide bonds. The van der Waals surface area contributed by atoms with Gasteiger partial charge in [-0.1, -0.05) is 49.6 Å². The quantitative estimate of drug-likeness (QED) is 0.369. The molecule has 0 aromatic heterocycles. The number of guanidine groups is 1. The molecular weight excluding hydrogens is 451 g/mol. The van der Waals surface area contributed by atoms with Crippen molar-refractivity contribution >= 4 is 29.9 Å². The van der Waals surface area contributed by atoms with Crippen molar-refractivity contribution in [3.05, 3.63) is 35.9 Å². The fraction of sp³-hybridized carbons (Fsp3) is 0.667. The van der Waals surface area contributed by atoms with Crippen LogP contribution in [0.4, 0.5) is 0 Å². The first-order valence-electron chi connectivity index (χ1n) is 10.1. The Morgan fingerprint density at radius 3 is 2.44 bits per heavy atom. The van der Waals surface area contributed by atoms with Crippen molar-refractivity contribution in [3.63, 3.8) is 0 Å². The predicted molar refractivity (Wildman–Crippen MR) is 123 cm³/mol. The summed E-state index contributed by atoms with van der Waals surface area (Å²) in [5.74, 6) is 0.916. The molecule has 6 heteroatoms. The van der Waals surface area contributed by atoms with E-state index in [4.69, 9.17) is 4.74 Å². The monoisotopic (exact) mass is 486 g/mol. The van der Waals surface area contributed by atoms with Crippen LogP contribution in [0.3, 0.4) is 0 Å². The van der Waals surface area contributed by atoms with Crippen LogP contribution in [0.25, 0.3) is 0 Å². The molecule has 2 aliphatic rings. The first kappa shape index (κ1) is 22.4. The van der Waals surface area contributed by atoms with E-state index >= 15 is 0 Å². The van der Waals surface area contributed by atoms with Crippen molar-refractivity contribution in [2.45, 2.75) is 44.1 Å². The van der Waals surface area contributed by atoms with Gasteiger partial charge in [-0.2, -0.15) is 0 Å². The van der Waals surface area contributed by atoms with Crippen LogP contribution >= 0.6 is 24.0 Å². The smallest absolute Gasteiger partial charge is 0.191 e. The van der Waals surface area contributed by atoms with Crippen LogP contribution in [0.1, 0.15) is 37.7 Å². The zero-order valence-corrected chi connectivity index (χ0v) is 18.9. The van der Waals surface area contributed by atoms with Crippen LogP contribution in [-0.4, -0.2) is 62.8 Å². The molecule has 1 heterocycles. The Labute approximate surface area is 181 Å². The summed E-state index contributed by atoms with van der Waals surface area (Å²) in [4.78, 5) is 7.10. The molecule has 152 valence electrons. The van der Waals surface area contributed by atoms with Gasteiger partial charge in [0.2, 0.25) is 0 Å². The summed E-state index contributed by atoms with van der Waals surface area (Å²) in [5, 5.41) is 7.09. The van der Waals surface area contributed by atoms with Gasteiger partial charge in [-0.25, -0.2) is 0 Å². The van der Waals surface area contributed by atoms with Crippen LogP contribution in [-0.2, 0) is 11.2 Å². The molecule has 0 spiro atoms. The lowest BCUT2D eigenvalue weighted by Crippen LogP contribution is -2.60. The minimum absolute atomic E-state index is 0. The molecule has 27 heavy (non-hydrogen) atoms. The van der Waals surface area contributed by atoms with E-state index in [-0.39, 0.29) is 29.5 Å².